The molecule has 0 fully saturated rings. The van der Waals surface area contributed by atoms with E-state index in [1.54, 1.807) is 36.4 Å². The van der Waals surface area contributed by atoms with E-state index < -0.39 is 6.04 Å². The van der Waals surface area contributed by atoms with Gasteiger partial charge in [0.2, 0.25) is 0 Å². The third-order valence-corrected chi connectivity index (χ3v) is 2.81. The van der Waals surface area contributed by atoms with Gasteiger partial charge in [-0.05, 0) is 29.8 Å². The average molecular weight is 261 g/mol. The number of hydrogen-bond donors (Lipinski definition) is 1. The topological polar surface area (TPSA) is 76.7 Å². The minimum Gasteiger partial charge on any atom is -0.333 e. The summed E-state index contributed by atoms with van der Waals surface area (Å²) in [5.41, 5.74) is 1.64. The SMILES string of the molecule is N#Cc1ccc(C(=O)NC(C#N)c2ccccc2)cc1. The maximum absolute atomic E-state index is 12.0. The molecule has 2 rings (SSSR count). The van der Waals surface area contributed by atoms with Gasteiger partial charge in [0.15, 0.2) is 0 Å². The largest absolute Gasteiger partial charge is 0.333 e. The molecular formula is C16H11N3O. The van der Waals surface area contributed by atoms with Gasteiger partial charge in [-0.2, -0.15) is 10.5 Å². The van der Waals surface area contributed by atoms with Crippen molar-refractivity contribution in [1.29, 1.82) is 10.5 Å². The van der Waals surface area contributed by atoms with Crippen LogP contribution < -0.4 is 5.32 Å². The standard InChI is InChI=1S/C16H11N3O/c17-10-12-6-8-14(9-7-12)16(20)19-15(11-18)13-4-2-1-3-5-13/h1-9,15H,(H,19,20). The zero-order valence-electron chi connectivity index (χ0n) is 10.6. The van der Waals surface area contributed by atoms with E-state index in [0.29, 0.717) is 11.1 Å². The highest BCUT2D eigenvalue weighted by atomic mass is 16.1. The molecule has 1 atom stereocenters. The maximum Gasteiger partial charge on any atom is 0.252 e. The fourth-order valence-electron chi connectivity index (χ4n) is 1.75. The van der Waals surface area contributed by atoms with E-state index in [4.69, 9.17) is 10.5 Å². The molecule has 0 aromatic heterocycles. The predicted molar refractivity (Wildman–Crippen MR) is 73.4 cm³/mol. The number of amides is 1. The number of hydrogen-bond acceptors (Lipinski definition) is 3. The Morgan fingerprint density at radius 1 is 1.00 bits per heavy atom. The van der Waals surface area contributed by atoms with Gasteiger partial charge in [0.05, 0.1) is 17.7 Å². The molecular weight excluding hydrogens is 250 g/mol. The summed E-state index contributed by atoms with van der Waals surface area (Å²) in [6.07, 6.45) is 0. The number of nitriles is 2. The molecule has 1 unspecified atom stereocenters. The molecule has 20 heavy (non-hydrogen) atoms. The van der Waals surface area contributed by atoms with Crippen molar-refractivity contribution in [2.45, 2.75) is 6.04 Å². The Balaban J connectivity index is 2.14. The summed E-state index contributed by atoms with van der Waals surface area (Å²) in [6.45, 7) is 0. The lowest BCUT2D eigenvalue weighted by Gasteiger charge is -2.11. The first-order valence-corrected chi connectivity index (χ1v) is 6.00. The maximum atomic E-state index is 12.0. The lowest BCUT2D eigenvalue weighted by molar-refractivity contribution is 0.0945. The van der Waals surface area contributed by atoms with Gasteiger partial charge in [0.25, 0.3) is 5.91 Å². The monoisotopic (exact) mass is 261 g/mol. The first-order valence-electron chi connectivity index (χ1n) is 6.00. The smallest absolute Gasteiger partial charge is 0.252 e. The highest BCUT2D eigenvalue weighted by Crippen LogP contribution is 2.12. The van der Waals surface area contributed by atoms with Crippen LogP contribution in [0.2, 0.25) is 0 Å². The molecule has 0 radical (unpaired) electrons. The molecule has 0 spiro atoms. The van der Waals surface area contributed by atoms with E-state index in [1.807, 2.05) is 24.3 Å². The molecule has 96 valence electrons. The molecule has 2 aromatic carbocycles. The third-order valence-electron chi connectivity index (χ3n) is 2.81. The number of carbonyl (C=O) groups excluding carboxylic acids is 1. The number of carbonyl (C=O) groups is 1. The fourth-order valence-corrected chi connectivity index (χ4v) is 1.75. The van der Waals surface area contributed by atoms with E-state index in [-0.39, 0.29) is 5.91 Å². The Labute approximate surface area is 116 Å². The minimum absolute atomic E-state index is 0.343. The van der Waals surface area contributed by atoms with Gasteiger partial charge in [-0.1, -0.05) is 30.3 Å². The molecule has 1 N–H and O–H groups in total. The molecule has 0 aliphatic carbocycles. The Morgan fingerprint density at radius 3 is 2.20 bits per heavy atom. The Hall–Kier alpha value is -3.11. The van der Waals surface area contributed by atoms with E-state index in [0.717, 1.165) is 5.56 Å². The van der Waals surface area contributed by atoms with Crippen molar-refractivity contribution in [3.63, 3.8) is 0 Å². The van der Waals surface area contributed by atoms with Gasteiger partial charge in [0.1, 0.15) is 6.04 Å². The van der Waals surface area contributed by atoms with Crippen LogP contribution in [0.5, 0.6) is 0 Å². The van der Waals surface area contributed by atoms with Crippen molar-refractivity contribution in [3.05, 3.63) is 71.3 Å². The summed E-state index contributed by atoms with van der Waals surface area (Å²) < 4.78 is 0. The highest BCUT2D eigenvalue weighted by molar-refractivity contribution is 5.94. The van der Waals surface area contributed by atoms with E-state index in [2.05, 4.69) is 11.4 Å². The molecule has 0 heterocycles. The molecule has 0 aliphatic rings. The fraction of sp³-hybridized carbons (Fsp3) is 0.0625. The minimum atomic E-state index is -0.695. The predicted octanol–water partition coefficient (Wildman–Crippen LogP) is 2.55. The van der Waals surface area contributed by atoms with E-state index in [1.165, 1.54) is 0 Å². The third kappa shape index (κ3) is 3.01. The van der Waals surface area contributed by atoms with Crippen LogP contribution in [0.4, 0.5) is 0 Å². The van der Waals surface area contributed by atoms with Crippen LogP contribution >= 0.6 is 0 Å². The van der Waals surface area contributed by atoms with Crippen molar-refractivity contribution >= 4 is 5.91 Å². The first-order chi connectivity index (χ1) is 9.74. The lowest BCUT2D eigenvalue weighted by Crippen LogP contribution is -2.27. The van der Waals surface area contributed by atoms with Gasteiger partial charge >= 0.3 is 0 Å². The highest BCUT2D eigenvalue weighted by Gasteiger charge is 2.14. The molecule has 1 amide bonds. The summed E-state index contributed by atoms with van der Waals surface area (Å²) in [5, 5.41) is 20.5. The molecule has 0 aliphatic heterocycles. The zero-order chi connectivity index (χ0) is 14.4. The summed E-state index contributed by atoms with van der Waals surface area (Å²) in [6, 6.07) is 18.7. The van der Waals surface area contributed by atoms with Gasteiger partial charge in [-0.15, -0.1) is 0 Å². The van der Waals surface area contributed by atoms with Crippen LogP contribution in [-0.4, -0.2) is 5.91 Å². The zero-order valence-corrected chi connectivity index (χ0v) is 10.6. The second kappa shape index (κ2) is 6.17. The van der Waals surface area contributed by atoms with Gasteiger partial charge in [0, 0.05) is 5.56 Å². The van der Waals surface area contributed by atoms with Gasteiger partial charge < -0.3 is 5.32 Å². The van der Waals surface area contributed by atoms with Crippen LogP contribution in [0.3, 0.4) is 0 Å². The van der Waals surface area contributed by atoms with E-state index in [9.17, 15) is 4.79 Å². The first kappa shape index (κ1) is 13.3. The summed E-state index contributed by atoms with van der Waals surface area (Å²) in [7, 11) is 0. The second-order valence-corrected chi connectivity index (χ2v) is 4.14. The molecule has 2 aromatic rings. The number of nitrogens with one attached hydrogen (secondary N) is 1. The molecule has 0 bridgehead atoms. The number of nitrogens with zero attached hydrogens (tertiary/aromatic N) is 2. The summed E-state index contributed by atoms with van der Waals surface area (Å²) in [4.78, 5) is 12.0. The van der Waals surface area contributed by atoms with Crippen LogP contribution in [0.1, 0.15) is 27.5 Å². The molecule has 4 heteroatoms. The van der Waals surface area contributed by atoms with Crippen LogP contribution in [0.25, 0.3) is 0 Å². The van der Waals surface area contributed by atoms with Crippen molar-refractivity contribution in [2.75, 3.05) is 0 Å². The lowest BCUT2D eigenvalue weighted by atomic mass is 10.1. The Kier molecular flexibility index (Phi) is 4.11. The van der Waals surface area contributed by atoms with Gasteiger partial charge in [-0.25, -0.2) is 0 Å². The van der Waals surface area contributed by atoms with Crippen LogP contribution in [-0.2, 0) is 0 Å². The summed E-state index contributed by atoms with van der Waals surface area (Å²) >= 11 is 0. The average Bonchev–Trinajstić information content (AvgIpc) is 2.53. The van der Waals surface area contributed by atoms with Crippen LogP contribution in [0.15, 0.2) is 54.6 Å². The Bertz CT molecular complexity index is 678. The van der Waals surface area contributed by atoms with Crippen molar-refractivity contribution in [3.8, 4) is 12.1 Å². The Morgan fingerprint density at radius 2 is 1.65 bits per heavy atom. The number of benzene rings is 2. The van der Waals surface area contributed by atoms with Crippen LogP contribution in [0, 0.1) is 22.7 Å². The number of rotatable bonds is 3. The summed E-state index contributed by atoms with van der Waals surface area (Å²) in [5.74, 6) is -0.343. The van der Waals surface area contributed by atoms with Crippen molar-refractivity contribution in [2.24, 2.45) is 0 Å². The second-order valence-electron chi connectivity index (χ2n) is 4.14. The van der Waals surface area contributed by atoms with Crippen molar-refractivity contribution < 1.29 is 4.79 Å². The van der Waals surface area contributed by atoms with Crippen molar-refractivity contribution in [1.82, 2.24) is 5.32 Å². The molecule has 4 nitrogen and oxygen atoms in total. The van der Waals surface area contributed by atoms with Gasteiger partial charge in [-0.3, -0.25) is 4.79 Å². The quantitative estimate of drug-likeness (QED) is 0.922. The molecule has 0 saturated heterocycles. The normalized spacial score (nSPS) is 10.9. The van der Waals surface area contributed by atoms with E-state index >= 15 is 0 Å². The molecule has 0 saturated carbocycles.